The smallest absolute Gasteiger partial charge is 0.0596 e. The fourth-order valence-electron chi connectivity index (χ4n) is 1.55. The van der Waals surface area contributed by atoms with Gasteiger partial charge in [0.2, 0.25) is 0 Å². The molecule has 14 heavy (non-hydrogen) atoms. The van der Waals surface area contributed by atoms with Crippen LogP contribution in [0.1, 0.15) is 32.2 Å². The topological polar surface area (TPSA) is 17.8 Å². The zero-order chi connectivity index (χ0) is 10.8. The summed E-state index contributed by atoms with van der Waals surface area (Å²) in [4.78, 5) is 0. The first-order chi connectivity index (χ1) is 6.48. The van der Waals surface area contributed by atoms with Gasteiger partial charge in [-0.1, -0.05) is 29.8 Å². The lowest BCUT2D eigenvalue weighted by Gasteiger charge is -2.21. The molecular formula is C11H19BrN2. The van der Waals surface area contributed by atoms with E-state index in [0.29, 0.717) is 5.41 Å². The molecule has 0 saturated heterocycles. The van der Waals surface area contributed by atoms with Crippen molar-refractivity contribution in [2.45, 2.75) is 40.7 Å². The summed E-state index contributed by atoms with van der Waals surface area (Å²) >= 11 is 3.55. The predicted molar refractivity (Wildman–Crippen MR) is 63.9 cm³/mol. The van der Waals surface area contributed by atoms with E-state index in [1.165, 1.54) is 5.69 Å². The monoisotopic (exact) mass is 258 g/mol. The van der Waals surface area contributed by atoms with Gasteiger partial charge in [0.05, 0.1) is 5.69 Å². The van der Waals surface area contributed by atoms with Gasteiger partial charge in [-0.15, -0.1) is 0 Å². The van der Waals surface area contributed by atoms with E-state index in [-0.39, 0.29) is 0 Å². The zero-order valence-electron chi connectivity index (χ0n) is 9.47. The lowest BCUT2D eigenvalue weighted by Crippen LogP contribution is -2.19. The van der Waals surface area contributed by atoms with Crippen LogP contribution in [0.2, 0.25) is 0 Å². The summed E-state index contributed by atoms with van der Waals surface area (Å²) < 4.78 is 2.10. The van der Waals surface area contributed by atoms with Crippen LogP contribution in [0.15, 0.2) is 6.07 Å². The molecule has 0 amide bonds. The van der Waals surface area contributed by atoms with Crippen LogP contribution < -0.4 is 0 Å². The first-order valence-corrected chi connectivity index (χ1v) is 6.20. The molecule has 2 nitrogen and oxygen atoms in total. The minimum atomic E-state index is 0.305. The van der Waals surface area contributed by atoms with E-state index >= 15 is 0 Å². The molecular weight excluding hydrogens is 240 g/mol. The van der Waals surface area contributed by atoms with Crippen molar-refractivity contribution in [2.75, 3.05) is 5.33 Å². The van der Waals surface area contributed by atoms with Gasteiger partial charge in [-0.25, -0.2) is 0 Å². The second-order valence-electron chi connectivity index (χ2n) is 4.57. The molecule has 0 aliphatic carbocycles. The SMILES string of the molecule is CCn1nc(C)cc1CC(C)(C)CBr. The summed E-state index contributed by atoms with van der Waals surface area (Å²) in [7, 11) is 0. The minimum Gasteiger partial charge on any atom is -0.270 e. The fraction of sp³-hybridized carbons (Fsp3) is 0.727. The molecule has 1 aromatic heterocycles. The molecule has 80 valence electrons. The van der Waals surface area contributed by atoms with Crippen molar-refractivity contribution in [3.05, 3.63) is 17.5 Å². The number of halogens is 1. The molecule has 0 aliphatic heterocycles. The number of aryl methyl sites for hydroxylation is 2. The standard InChI is InChI=1S/C11H19BrN2/c1-5-14-10(6-9(2)13-14)7-11(3,4)8-12/h6H,5,7-8H2,1-4H3. The van der Waals surface area contributed by atoms with E-state index < -0.39 is 0 Å². The highest BCUT2D eigenvalue weighted by Crippen LogP contribution is 2.24. The highest BCUT2D eigenvalue weighted by Gasteiger charge is 2.19. The molecule has 0 spiro atoms. The second-order valence-corrected chi connectivity index (χ2v) is 5.13. The van der Waals surface area contributed by atoms with E-state index in [1.807, 2.05) is 0 Å². The molecule has 3 heteroatoms. The van der Waals surface area contributed by atoms with Crippen LogP contribution in [-0.2, 0) is 13.0 Å². The summed E-state index contributed by atoms with van der Waals surface area (Å²) in [5.41, 5.74) is 2.76. The number of aromatic nitrogens is 2. The Bertz CT molecular complexity index is 302. The lowest BCUT2D eigenvalue weighted by atomic mass is 9.90. The Labute approximate surface area is 94.8 Å². The maximum absolute atomic E-state index is 4.45. The molecule has 0 fully saturated rings. The maximum atomic E-state index is 4.45. The average Bonchev–Trinajstić information content (AvgIpc) is 2.45. The Hall–Kier alpha value is -0.310. The fourth-order valence-corrected chi connectivity index (χ4v) is 1.75. The molecule has 0 N–H and O–H groups in total. The highest BCUT2D eigenvalue weighted by molar-refractivity contribution is 9.09. The summed E-state index contributed by atoms with van der Waals surface area (Å²) in [6.07, 6.45) is 1.08. The molecule has 0 aromatic carbocycles. The molecule has 0 bridgehead atoms. The number of hydrogen-bond donors (Lipinski definition) is 0. The van der Waals surface area contributed by atoms with E-state index in [4.69, 9.17) is 0 Å². The van der Waals surface area contributed by atoms with Gasteiger partial charge in [0, 0.05) is 17.6 Å². The van der Waals surface area contributed by atoms with Gasteiger partial charge in [-0.2, -0.15) is 5.10 Å². The van der Waals surface area contributed by atoms with E-state index in [9.17, 15) is 0 Å². The normalized spacial score (nSPS) is 12.1. The Balaban J connectivity index is 2.85. The average molecular weight is 259 g/mol. The highest BCUT2D eigenvalue weighted by atomic mass is 79.9. The Kier molecular flexibility index (Phi) is 3.76. The first kappa shape index (κ1) is 11.8. The van der Waals surface area contributed by atoms with Crippen LogP contribution >= 0.6 is 15.9 Å². The number of alkyl halides is 1. The molecule has 0 atom stereocenters. The van der Waals surface area contributed by atoms with Gasteiger partial charge < -0.3 is 0 Å². The molecule has 0 aliphatic rings. The van der Waals surface area contributed by atoms with Crippen molar-refractivity contribution in [1.82, 2.24) is 9.78 Å². The first-order valence-electron chi connectivity index (χ1n) is 5.08. The summed E-state index contributed by atoms with van der Waals surface area (Å²) in [5.74, 6) is 0. The number of rotatable bonds is 4. The number of hydrogen-bond acceptors (Lipinski definition) is 1. The van der Waals surface area contributed by atoms with Gasteiger partial charge in [0.25, 0.3) is 0 Å². The molecule has 0 unspecified atom stereocenters. The van der Waals surface area contributed by atoms with Gasteiger partial charge in [0.15, 0.2) is 0 Å². The van der Waals surface area contributed by atoms with Crippen LogP contribution in [0.4, 0.5) is 0 Å². The van der Waals surface area contributed by atoms with E-state index in [2.05, 4.69) is 59.5 Å². The molecule has 1 heterocycles. The third-order valence-electron chi connectivity index (χ3n) is 2.31. The minimum absolute atomic E-state index is 0.305. The molecule has 0 saturated carbocycles. The Morgan fingerprint density at radius 3 is 2.64 bits per heavy atom. The summed E-state index contributed by atoms with van der Waals surface area (Å²) in [5, 5.41) is 5.47. The maximum Gasteiger partial charge on any atom is 0.0596 e. The van der Waals surface area contributed by atoms with Crippen LogP contribution in [0.25, 0.3) is 0 Å². The third kappa shape index (κ3) is 2.84. The summed E-state index contributed by atoms with van der Waals surface area (Å²) in [6.45, 7) is 9.68. The van der Waals surface area contributed by atoms with Crippen molar-refractivity contribution in [3.63, 3.8) is 0 Å². The van der Waals surface area contributed by atoms with Crippen LogP contribution in [-0.4, -0.2) is 15.1 Å². The molecule has 1 aromatic rings. The number of nitrogens with zero attached hydrogens (tertiary/aromatic N) is 2. The van der Waals surface area contributed by atoms with Gasteiger partial charge in [0.1, 0.15) is 0 Å². The van der Waals surface area contributed by atoms with Crippen LogP contribution in [0.3, 0.4) is 0 Å². The second kappa shape index (κ2) is 4.47. The Morgan fingerprint density at radius 1 is 1.50 bits per heavy atom. The summed E-state index contributed by atoms with van der Waals surface area (Å²) in [6, 6.07) is 2.19. The van der Waals surface area contributed by atoms with Crippen molar-refractivity contribution in [2.24, 2.45) is 5.41 Å². The van der Waals surface area contributed by atoms with Crippen molar-refractivity contribution < 1.29 is 0 Å². The van der Waals surface area contributed by atoms with Crippen molar-refractivity contribution in [1.29, 1.82) is 0 Å². The van der Waals surface area contributed by atoms with Crippen LogP contribution in [0, 0.1) is 12.3 Å². The zero-order valence-corrected chi connectivity index (χ0v) is 11.1. The largest absolute Gasteiger partial charge is 0.270 e. The predicted octanol–water partition coefficient (Wildman–Crippen LogP) is 3.18. The van der Waals surface area contributed by atoms with Gasteiger partial charge in [-0.05, 0) is 31.7 Å². The van der Waals surface area contributed by atoms with E-state index in [0.717, 1.165) is 24.0 Å². The van der Waals surface area contributed by atoms with Gasteiger partial charge >= 0.3 is 0 Å². The van der Waals surface area contributed by atoms with Crippen molar-refractivity contribution >= 4 is 15.9 Å². The lowest BCUT2D eigenvalue weighted by molar-refractivity contribution is 0.406. The van der Waals surface area contributed by atoms with Crippen molar-refractivity contribution in [3.8, 4) is 0 Å². The van der Waals surface area contributed by atoms with Gasteiger partial charge in [-0.3, -0.25) is 4.68 Å². The quantitative estimate of drug-likeness (QED) is 0.759. The molecule has 1 rings (SSSR count). The third-order valence-corrected chi connectivity index (χ3v) is 3.82. The van der Waals surface area contributed by atoms with Crippen LogP contribution in [0.5, 0.6) is 0 Å². The van der Waals surface area contributed by atoms with E-state index in [1.54, 1.807) is 0 Å². The Morgan fingerprint density at radius 2 is 2.14 bits per heavy atom. The molecule has 0 radical (unpaired) electrons.